The first-order chi connectivity index (χ1) is 14.5. The number of furan rings is 1. The summed E-state index contributed by atoms with van der Waals surface area (Å²) in [5.74, 6) is 1.19. The van der Waals surface area contributed by atoms with Gasteiger partial charge in [-0.05, 0) is 89.5 Å². The van der Waals surface area contributed by atoms with Crippen LogP contribution in [0, 0.1) is 6.92 Å². The maximum absolute atomic E-state index is 13.4. The molecule has 0 bridgehead atoms. The third-order valence-electron chi connectivity index (χ3n) is 5.77. The van der Waals surface area contributed by atoms with Crippen LogP contribution < -0.4 is 4.74 Å². The standard InChI is InChI=1S/C26H31NO3/c1-18(2)29-21-10-8-20(9-11-21)25(28)26-22(13-16-27-14-5-4-6-15-27)23-17-19(3)7-12-24(23)30-26/h7-12,17-18H,4-6,13-16H2,1-3H3. The van der Waals surface area contributed by atoms with Crippen molar-refractivity contribution in [2.45, 2.75) is 52.6 Å². The Labute approximate surface area is 178 Å². The Hall–Kier alpha value is -2.59. The summed E-state index contributed by atoms with van der Waals surface area (Å²) in [5, 5.41) is 1.06. The molecule has 0 atom stereocenters. The SMILES string of the molecule is Cc1ccc2oc(C(=O)c3ccc(OC(C)C)cc3)c(CCN3CCCCC3)c2c1. The number of hydrogen-bond acceptors (Lipinski definition) is 4. The lowest BCUT2D eigenvalue weighted by molar-refractivity contribution is 0.101. The highest BCUT2D eigenvalue weighted by Gasteiger charge is 2.23. The Kier molecular flexibility index (Phi) is 6.24. The van der Waals surface area contributed by atoms with Crippen LogP contribution in [-0.4, -0.2) is 36.4 Å². The maximum Gasteiger partial charge on any atom is 0.228 e. The highest BCUT2D eigenvalue weighted by Crippen LogP contribution is 2.30. The average Bonchev–Trinajstić information content (AvgIpc) is 3.10. The van der Waals surface area contributed by atoms with E-state index in [2.05, 4.69) is 17.9 Å². The second-order valence-electron chi connectivity index (χ2n) is 8.58. The number of fused-ring (bicyclic) bond motifs is 1. The van der Waals surface area contributed by atoms with Crippen molar-refractivity contribution in [3.8, 4) is 5.75 Å². The van der Waals surface area contributed by atoms with Crippen LogP contribution in [0.1, 0.15) is 60.4 Å². The number of benzene rings is 2. The molecule has 0 unspecified atom stereocenters. The van der Waals surface area contributed by atoms with E-state index in [9.17, 15) is 4.79 Å². The molecule has 0 saturated carbocycles. The molecule has 0 radical (unpaired) electrons. The van der Waals surface area contributed by atoms with Crippen molar-refractivity contribution in [2.24, 2.45) is 0 Å². The van der Waals surface area contributed by atoms with Crippen molar-refractivity contribution in [1.82, 2.24) is 4.90 Å². The summed E-state index contributed by atoms with van der Waals surface area (Å²) in [4.78, 5) is 15.9. The molecule has 0 N–H and O–H groups in total. The fourth-order valence-corrected chi connectivity index (χ4v) is 4.24. The number of carbonyl (C=O) groups is 1. The zero-order valence-electron chi connectivity index (χ0n) is 18.2. The van der Waals surface area contributed by atoms with E-state index in [-0.39, 0.29) is 11.9 Å². The summed E-state index contributed by atoms with van der Waals surface area (Å²) in [7, 11) is 0. The van der Waals surface area contributed by atoms with E-state index in [0.29, 0.717) is 11.3 Å². The van der Waals surface area contributed by atoms with Gasteiger partial charge in [0.15, 0.2) is 5.76 Å². The number of hydrogen-bond donors (Lipinski definition) is 0. The molecule has 1 aliphatic heterocycles. The zero-order valence-corrected chi connectivity index (χ0v) is 18.2. The Balaban J connectivity index is 1.64. The number of ketones is 1. The molecule has 4 nitrogen and oxygen atoms in total. The summed E-state index contributed by atoms with van der Waals surface area (Å²) in [6.07, 6.45) is 4.78. The molecule has 1 fully saturated rings. The van der Waals surface area contributed by atoms with Crippen molar-refractivity contribution in [2.75, 3.05) is 19.6 Å². The minimum Gasteiger partial charge on any atom is -0.491 e. The number of nitrogens with zero attached hydrogens (tertiary/aromatic N) is 1. The maximum atomic E-state index is 13.4. The van der Waals surface area contributed by atoms with Gasteiger partial charge in [-0.3, -0.25) is 4.79 Å². The average molecular weight is 406 g/mol. The van der Waals surface area contributed by atoms with E-state index >= 15 is 0 Å². The lowest BCUT2D eigenvalue weighted by atomic mass is 10.00. The Morgan fingerprint density at radius 3 is 2.50 bits per heavy atom. The van der Waals surface area contributed by atoms with Gasteiger partial charge in [-0.15, -0.1) is 0 Å². The van der Waals surface area contributed by atoms with Crippen LogP contribution >= 0.6 is 0 Å². The van der Waals surface area contributed by atoms with Crippen LogP contribution in [0.2, 0.25) is 0 Å². The van der Waals surface area contributed by atoms with Crippen LogP contribution in [0.5, 0.6) is 5.75 Å². The number of carbonyl (C=O) groups excluding carboxylic acids is 1. The molecular weight excluding hydrogens is 374 g/mol. The fourth-order valence-electron chi connectivity index (χ4n) is 4.24. The molecule has 1 aromatic heterocycles. The largest absolute Gasteiger partial charge is 0.491 e. The van der Waals surface area contributed by atoms with E-state index in [1.165, 1.54) is 24.8 Å². The Morgan fingerprint density at radius 1 is 1.07 bits per heavy atom. The molecule has 0 amide bonds. The molecule has 4 heteroatoms. The minimum atomic E-state index is -0.0615. The molecular formula is C26H31NO3. The van der Waals surface area contributed by atoms with Crippen molar-refractivity contribution < 1.29 is 13.9 Å². The van der Waals surface area contributed by atoms with Crippen LogP contribution in [-0.2, 0) is 6.42 Å². The topological polar surface area (TPSA) is 42.7 Å². The van der Waals surface area contributed by atoms with Gasteiger partial charge in [-0.1, -0.05) is 18.1 Å². The highest BCUT2D eigenvalue weighted by atomic mass is 16.5. The Bertz CT molecular complexity index is 1010. The summed E-state index contributed by atoms with van der Waals surface area (Å²) >= 11 is 0. The van der Waals surface area contributed by atoms with Crippen molar-refractivity contribution in [1.29, 1.82) is 0 Å². The lowest BCUT2D eigenvalue weighted by Gasteiger charge is -2.26. The molecule has 30 heavy (non-hydrogen) atoms. The van der Waals surface area contributed by atoms with Crippen molar-refractivity contribution >= 4 is 16.8 Å². The van der Waals surface area contributed by atoms with Gasteiger partial charge in [-0.25, -0.2) is 0 Å². The van der Waals surface area contributed by atoms with Crippen LogP contribution in [0.3, 0.4) is 0 Å². The number of likely N-dealkylation sites (tertiary alicyclic amines) is 1. The molecule has 158 valence electrons. The molecule has 1 aliphatic rings. The minimum absolute atomic E-state index is 0.0615. The van der Waals surface area contributed by atoms with Crippen molar-refractivity contribution in [3.05, 3.63) is 64.9 Å². The highest BCUT2D eigenvalue weighted by molar-refractivity contribution is 6.10. The first kappa shape index (κ1) is 20.7. The van der Waals surface area contributed by atoms with Gasteiger partial charge in [-0.2, -0.15) is 0 Å². The van der Waals surface area contributed by atoms with Gasteiger partial charge >= 0.3 is 0 Å². The number of piperidine rings is 1. The first-order valence-corrected chi connectivity index (χ1v) is 11.1. The van der Waals surface area contributed by atoms with E-state index < -0.39 is 0 Å². The molecule has 0 spiro atoms. The van der Waals surface area contributed by atoms with Gasteiger partial charge in [0.2, 0.25) is 5.78 Å². The zero-order chi connectivity index (χ0) is 21.1. The summed E-state index contributed by atoms with van der Waals surface area (Å²) < 4.78 is 11.8. The molecule has 2 heterocycles. The summed E-state index contributed by atoms with van der Waals surface area (Å²) in [5.41, 5.74) is 3.63. The fraction of sp³-hybridized carbons (Fsp3) is 0.423. The van der Waals surface area contributed by atoms with Crippen LogP contribution in [0.15, 0.2) is 46.9 Å². The second kappa shape index (κ2) is 9.05. The van der Waals surface area contributed by atoms with Crippen LogP contribution in [0.25, 0.3) is 11.0 Å². The number of rotatable bonds is 7. The third kappa shape index (κ3) is 4.59. The van der Waals surface area contributed by atoms with E-state index in [1.807, 2.05) is 50.2 Å². The molecule has 4 rings (SSSR count). The van der Waals surface area contributed by atoms with Gasteiger partial charge in [0, 0.05) is 23.1 Å². The van der Waals surface area contributed by atoms with Gasteiger partial charge in [0.05, 0.1) is 6.10 Å². The predicted octanol–water partition coefficient (Wildman–Crippen LogP) is 5.79. The van der Waals surface area contributed by atoms with E-state index in [0.717, 1.165) is 48.3 Å². The van der Waals surface area contributed by atoms with Crippen LogP contribution in [0.4, 0.5) is 0 Å². The summed E-state index contributed by atoms with van der Waals surface area (Å²) in [6.45, 7) is 9.32. The number of aryl methyl sites for hydroxylation is 1. The van der Waals surface area contributed by atoms with E-state index in [1.54, 1.807) is 0 Å². The van der Waals surface area contributed by atoms with Gasteiger partial charge < -0.3 is 14.1 Å². The summed E-state index contributed by atoms with van der Waals surface area (Å²) in [6, 6.07) is 13.5. The third-order valence-corrected chi connectivity index (χ3v) is 5.77. The molecule has 2 aromatic carbocycles. The second-order valence-corrected chi connectivity index (χ2v) is 8.58. The monoisotopic (exact) mass is 405 g/mol. The lowest BCUT2D eigenvalue weighted by Crippen LogP contribution is -2.31. The van der Waals surface area contributed by atoms with Crippen molar-refractivity contribution in [3.63, 3.8) is 0 Å². The first-order valence-electron chi connectivity index (χ1n) is 11.1. The molecule has 3 aromatic rings. The quantitative estimate of drug-likeness (QED) is 0.467. The Morgan fingerprint density at radius 2 is 1.80 bits per heavy atom. The van der Waals surface area contributed by atoms with Gasteiger partial charge in [0.25, 0.3) is 0 Å². The normalized spacial score (nSPS) is 15.1. The predicted molar refractivity (Wildman–Crippen MR) is 121 cm³/mol. The smallest absolute Gasteiger partial charge is 0.228 e. The van der Waals surface area contributed by atoms with E-state index in [4.69, 9.17) is 9.15 Å². The molecule has 0 aliphatic carbocycles. The molecule has 1 saturated heterocycles. The van der Waals surface area contributed by atoms with Gasteiger partial charge in [0.1, 0.15) is 11.3 Å². The number of ether oxygens (including phenoxy) is 1.